The van der Waals surface area contributed by atoms with Crippen LogP contribution < -0.4 is 0 Å². The summed E-state index contributed by atoms with van der Waals surface area (Å²) in [6, 6.07) is 0. The van der Waals surface area contributed by atoms with Crippen molar-refractivity contribution in [2.75, 3.05) is 0 Å². The monoisotopic (exact) mass is 142 g/mol. The van der Waals surface area contributed by atoms with Crippen molar-refractivity contribution >= 4 is 20.5 Å². The molecule has 0 bridgehead atoms. The Hall–Kier alpha value is 0.415. The van der Waals surface area contributed by atoms with Crippen LogP contribution in [-0.2, 0) is 0 Å². The largest absolute Gasteiger partial charge is 0.176 e. The quantitative estimate of drug-likeness (QED) is 0.384. The molecule has 0 N–H and O–H groups in total. The zero-order chi connectivity index (χ0) is 6.85. The molecule has 0 radical (unpaired) electrons. The molecule has 0 aromatic rings. The average Bonchev–Trinajstić information content (AvgIpc) is 1.83. The highest BCUT2D eigenvalue weighted by atomic mass is 32.1. The Balaban J connectivity index is 2.41. The van der Waals surface area contributed by atoms with Gasteiger partial charge < -0.3 is 0 Å². The molecule has 0 saturated heterocycles. The van der Waals surface area contributed by atoms with Gasteiger partial charge >= 0.3 is 0 Å². The Morgan fingerprint density at radius 3 is 2.56 bits per heavy atom. The van der Waals surface area contributed by atoms with Crippen LogP contribution in [0.25, 0.3) is 0 Å². The fourth-order valence-corrected chi connectivity index (χ4v) is 2.03. The molecule has 3 unspecified atom stereocenters. The first-order chi connectivity index (χ1) is 4.22. The molecule has 1 rings (SSSR count). The van der Waals surface area contributed by atoms with Crippen molar-refractivity contribution in [3.05, 3.63) is 0 Å². The smallest absolute Gasteiger partial charge is 0.105 e. The third-order valence-corrected chi connectivity index (χ3v) is 3.39. The second-order valence-electron chi connectivity index (χ2n) is 3.33. The van der Waals surface area contributed by atoms with Crippen LogP contribution in [-0.4, -0.2) is 13.1 Å². The molecule has 1 aliphatic carbocycles. The van der Waals surface area contributed by atoms with Gasteiger partial charge in [0, 0.05) is 5.25 Å². The molecule has 1 fully saturated rings. The van der Waals surface area contributed by atoms with Crippen molar-refractivity contribution in [1.29, 1.82) is 0 Å². The minimum atomic E-state index is 0.675. The highest BCUT2D eigenvalue weighted by molar-refractivity contribution is 7.81. The minimum absolute atomic E-state index is 0.675. The molecule has 0 nitrogen and oxygen atoms in total. The van der Waals surface area contributed by atoms with Crippen LogP contribution in [0.4, 0.5) is 0 Å². The molecule has 0 aliphatic heterocycles. The molecular formula is C7H15BS. The first-order valence-corrected chi connectivity index (χ1v) is 4.41. The first kappa shape index (κ1) is 7.52. The van der Waals surface area contributed by atoms with E-state index in [4.69, 9.17) is 0 Å². The van der Waals surface area contributed by atoms with E-state index >= 15 is 0 Å². The van der Waals surface area contributed by atoms with Gasteiger partial charge in [-0.3, -0.25) is 0 Å². The van der Waals surface area contributed by atoms with Gasteiger partial charge in [-0.1, -0.05) is 25.6 Å². The Bertz CT molecular complexity index is 84.9. The molecule has 0 aromatic carbocycles. The summed E-state index contributed by atoms with van der Waals surface area (Å²) in [5.41, 5.74) is 0. The van der Waals surface area contributed by atoms with E-state index in [2.05, 4.69) is 27.4 Å². The molecule has 0 amide bonds. The number of thiol groups is 1. The first-order valence-electron chi connectivity index (χ1n) is 3.90. The lowest BCUT2D eigenvalue weighted by Gasteiger charge is -2.30. The Morgan fingerprint density at radius 1 is 1.44 bits per heavy atom. The molecule has 9 heavy (non-hydrogen) atoms. The summed E-state index contributed by atoms with van der Waals surface area (Å²) < 4.78 is 0. The fraction of sp³-hybridized carbons (Fsp3) is 1.00. The maximum atomic E-state index is 4.52. The van der Waals surface area contributed by atoms with Crippen LogP contribution in [0.15, 0.2) is 0 Å². The molecule has 1 saturated carbocycles. The zero-order valence-corrected chi connectivity index (χ0v) is 7.20. The van der Waals surface area contributed by atoms with Gasteiger partial charge in [0.2, 0.25) is 0 Å². The Labute approximate surface area is 64.2 Å². The van der Waals surface area contributed by atoms with E-state index in [0.717, 1.165) is 11.7 Å². The summed E-state index contributed by atoms with van der Waals surface area (Å²) in [5.74, 6) is 1.74. The second-order valence-corrected chi connectivity index (χ2v) is 4.00. The van der Waals surface area contributed by atoms with Gasteiger partial charge in [0.05, 0.1) is 0 Å². The van der Waals surface area contributed by atoms with Gasteiger partial charge in [0.25, 0.3) is 0 Å². The number of hydrogen-bond acceptors (Lipinski definition) is 1. The van der Waals surface area contributed by atoms with Gasteiger partial charge in [0.15, 0.2) is 0 Å². The summed E-state index contributed by atoms with van der Waals surface area (Å²) in [4.78, 5) is 0. The topological polar surface area (TPSA) is 0 Å². The summed E-state index contributed by atoms with van der Waals surface area (Å²) >= 11 is 4.52. The van der Waals surface area contributed by atoms with Crippen molar-refractivity contribution < 1.29 is 0 Å². The Kier molecular flexibility index (Phi) is 2.51. The minimum Gasteiger partial charge on any atom is -0.176 e. The predicted octanol–water partition coefficient (Wildman–Crippen LogP) is 1.53. The molecule has 52 valence electrons. The van der Waals surface area contributed by atoms with E-state index in [9.17, 15) is 0 Å². The molecule has 0 spiro atoms. The normalized spacial score (nSPS) is 44.9. The lowest BCUT2D eigenvalue weighted by Crippen LogP contribution is -2.22. The standard InChI is InChI=1S/C7H15BS/c1-5-6(8)3-2-4-7(5)9/h5-7,9H,2-4,8H2,1H3. The van der Waals surface area contributed by atoms with Gasteiger partial charge in [0.1, 0.15) is 7.85 Å². The maximum Gasteiger partial charge on any atom is 0.105 e. The fourth-order valence-electron chi connectivity index (χ4n) is 1.55. The average molecular weight is 142 g/mol. The summed E-state index contributed by atoms with van der Waals surface area (Å²) in [6.45, 7) is 2.32. The van der Waals surface area contributed by atoms with Crippen molar-refractivity contribution in [1.82, 2.24) is 0 Å². The van der Waals surface area contributed by atoms with Crippen LogP contribution in [0.5, 0.6) is 0 Å². The van der Waals surface area contributed by atoms with Gasteiger partial charge in [-0.05, 0) is 12.3 Å². The van der Waals surface area contributed by atoms with Crippen molar-refractivity contribution in [3.8, 4) is 0 Å². The van der Waals surface area contributed by atoms with E-state index in [-0.39, 0.29) is 0 Å². The SMILES string of the molecule is BC1CCCC(S)C1C. The predicted molar refractivity (Wildman–Crippen MR) is 48.1 cm³/mol. The van der Waals surface area contributed by atoms with E-state index in [1.807, 2.05) is 0 Å². The highest BCUT2D eigenvalue weighted by Crippen LogP contribution is 2.34. The van der Waals surface area contributed by atoms with Crippen LogP contribution in [0.1, 0.15) is 26.2 Å². The Morgan fingerprint density at radius 2 is 2.11 bits per heavy atom. The lowest BCUT2D eigenvalue weighted by molar-refractivity contribution is 0.400. The van der Waals surface area contributed by atoms with Gasteiger partial charge in [-0.25, -0.2) is 0 Å². The van der Waals surface area contributed by atoms with E-state index < -0.39 is 0 Å². The van der Waals surface area contributed by atoms with E-state index in [0.29, 0.717) is 5.25 Å². The van der Waals surface area contributed by atoms with Crippen LogP contribution in [0.2, 0.25) is 5.82 Å². The molecule has 0 aromatic heterocycles. The van der Waals surface area contributed by atoms with Crippen molar-refractivity contribution in [2.24, 2.45) is 5.92 Å². The molecular weight excluding hydrogens is 127 g/mol. The van der Waals surface area contributed by atoms with Gasteiger partial charge in [-0.15, -0.1) is 0 Å². The molecule has 0 heterocycles. The van der Waals surface area contributed by atoms with E-state index in [1.54, 1.807) is 0 Å². The van der Waals surface area contributed by atoms with Crippen LogP contribution in [0.3, 0.4) is 0 Å². The van der Waals surface area contributed by atoms with Crippen molar-refractivity contribution in [2.45, 2.75) is 37.3 Å². The lowest BCUT2D eigenvalue weighted by atomic mass is 9.69. The summed E-state index contributed by atoms with van der Waals surface area (Å²) in [6.07, 6.45) is 4.13. The maximum absolute atomic E-state index is 4.52. The summed E-state index contributed by atoms with van der Waals surface area (Å²) in [5, 5.41) is 0.675. The molecule has 2 heteroatoms. The summed E-state index contributed by atoms with van der Waals surface area (Å²) in [7, 11) is 2.34. The zero-order valence-electron chi connectivity index (χ0n) is 6.30. The van der Waals surface area contributed by atoms with Crippen LogP contribution in [0, 0.1) is 5.92 Å². The van der Waals surface area contributed by atoms with Crippen molar-refractivity contribution in [3.63, 3.8) is 0 Å². The molecule has 1 aliphatic rings. The number of rotatable bonds is 0. The third kappa shape index (κ3) is 1.67. The second kappa shape index (κ2) is 3.00. The number of hydrogen-bond donors (Lipinski definition) is 1. The molecule has 3 atom stereocenters. The van der Waals surface area contributed by atoms with Gasteiger partial charge in [-0.2, -0.15) is 12.6 Å². The van der Waals surface area contributed by atoms with E-state index in [1.165, 1.54) is 19.3 Å². The highest BCUT2D eigenvalue weighted by Gasteiger charge is 2.23. The third-order valence-electron chi connectivity index (χ3n) is 2.66. The van der Waals surface area contributed by atoms with Crippen LogP contribution >= 0.6 is 12.6 Å².